The molecule has 156 valence electrons. The number of phenols is 1. The smallest absolute Gasteiger partial charge is 0.337 e. The lowest BCUT2D eigenvalue weighted by Crippen LogP contribution is -2.19. The van der Waals surface area contributed by atoms with Crippen molar-refractivity contribution in [3.05, 3.63) is 99.0 Å². The molecule has 30 heavy (non-hydrogen) atoms. The molecule has 1 N–H and O–H groups in total. The SMILES string of the molecule is COC(=O)c1ccc(O)c(CCCc2cc(F)c(Cn3ccccc3=O)cc2F)c1. The highest BCUT2D eigenvalue weighted by molar-refractivity contribution is 5.89. The third-order valence-corrected chi connectivity index (χ3v) is 4.85. The predicted octanol–water partition coefficient (Wildman–Crippen LogP) is 3.84. The molecular formula is C23H21F2NO4. The zero-order valence-corrected chi connectivity index (χ0v) is 16.4. The molecule has 1 heterocycles. The maximum atomic E-state index is 14.5. The molecule has 0 spiro atoms. The van der Waals surface area contributed by atoms with Gasteiger partial charge in [-0.1, -0.05) is 6.07 Å². The summed E-state index contributed by atoms with van der Waals surface area (Å²) in [5.74, 6) is -1.63. The number of hydrogen-bond acceptors (Lipinski definition) is 4. The van der Waals surface area contributed by atoms with Crippen LogP contribution in [0.2, 0.25) is 0 Å². The normalized spacial score (nSPS) is 10.8. The third-order valence-electron chi connectivity index (χ3n) is 4.85. The summed E-state index contributed by atoms with van der Waals surface area (Å²) in [6, 6.07) is 11.2. The molecule has 0 aliphatic heterocycles. The first kappa shape index (κ1) is 21.2. The number of esters is 1. The van der Waals surface area contributed by atoms with Gasteiger partial charge in [0.1, 0.15) is 17.4 Å². The highest BCUT2D eigenvalue weighted by Gasteiger charge is 2.13. The van der Waals surface area contributed by atoms with Crippen LogP contribution in [0.15, 0.2) is 59.5 Å². The minimum Gasteiger partial charge on any atom is -0.508 e. The number of phenolic OH excluding ortho intramolecular Hbond substituents is 1. The van der Waals surface area contributed by atoms with Crippen LogP contribution < -0.4 is 5.56 Å². The van der Waals surface area contributed by atoms with Crippen molar-refractivity contribution in [2.75, 3.05) is 7.11 Å². The van der Waals surface area contributed by atoms with Crippen LogP contribution in [-0.4, -0.2) is 22.8 Å². The van der Waals surface area contributed by atoms with E-state index in [2.05, 4.69) is 4.74 Å². The second-order valence-electron chi connectivity index (χ2n) is 6.89. The Hall–Kier alpha value is -3.48. The molecule has 3 rings (SSSR count). The van der Waals surface area contributed by atoms with Gasteiger partial charge in [0, 0.05) is 17.8 Å². The monoisotopic (exact) mass is 413 g/mol. The summed E-state index contributed by atoms with van der Waals surface area (Å²) >= 11 is 0. The van der Waals surface area contributed by atoms with Gasteiger partial charge in [0.25, 0.3) is 5.56 Å². The lowest BCUT2D eigenvalue weighted by Gasteiger charge is -2.11. The van der Waals surface area contributed by atoms with E-state index in [1.165, 1.54) is 42.1 Å². The van der Waals surface area contributed by atoms with Gasteiger partial charge in [-0.2, -0.15) is 0 Å². The van der Waals surface area contributed by atoms with Crippen molar-refractivity contribution in [1.82, 2.24) is 4.57 Å². The molecule has 0 unspecified atom stereocenters. The van der Waals surface area contributed by atoms with E-state index < -0.39 is 17.6 Å². The summed E-state index contributed by atoms with van der Waals surface area (Å²) in [7, 11) is 1.27. The van der Waals surface area contributed by atoms with E-state index in [0.29, 0.717) is 24.0 Å². The van der Waals surface area contributed by atoms with Crippen LogP contribution >= 0.6 is 0 Å². The van der Waals surface area contributed by atoms with E-state index in [1.54, 1.807) is 12.1 Å². The van der Waals surface area contributed by atoms with Gasteiger partial charge < -0.3 is 14.4 Å². The second kappa shape index (κ2) is 9.35. The van der Waals surface area contributed by atoms with Crippen LogP contribution in [0, 0.1) is 11.6 Å². The van der Waals surface area contributed by atoms with Crippen LogP contribution in [0.4, 0.5) is 8.78 Å². The molecular weight excluding hydrogens is 392 g/mol. The van der Waals surface area contributed by atoms with E-state index >= 15 is 0 Å². The molecule has 0 bridgehead atoms. The summed E-state index contributed by atoms with van der Waals surface area (Å²) in [4.78, 5) is 23.4. The molecule has 5 nitrogen and oxygen atoms in total. The first-order valence-corrected chi connectivity index (χ1v) is 9.41. The minimum atomic E-state index is -0.585. The first-order chi connectivity index (χ1) is 14.4. The van der Waals surface area contributed by atoms with E-state index in [9.17, 15) is 23.5 Å². The number of methoxy groups -OCH3 is 1. The van der Waals surface area contributed by atoms with Gasteiger partial charge in [-0.15, -0.1) is 0 Å². The molecule has 3 aromatic rings. The Labute approximate surface area is 172 Å². The van der Waals surface area contributed by atoms with Gasteiger partial charge in [0.15, 0.2) is 0 Å². The number of ether oxygens (including phenoxy) is 1. The zero-order valence-electron chi connectivity index (χ0n) is 16.4. The van der Waals surface area contributed by atoms with Crippen LogP contribution in [0.3, 0.4) is 0 Å². The number of aryl methyl sites for hydroxylation is 2. The second-order valence-corrected chi connectivity index (χ2v) is 6.89. The van der Waals surface area contributed by atoms with Gasteiger partial charge in [-0.3, -0.25) is 4.79 Å². The fourth-order valence-electron chi connectivity index (χ4n) is 3.22. The van der Waals surface area contributed by atoms with Crippen molar-refractivity contribution in [1.29, 1.82) is 0 Å². The van der Waals surface area contributed by atoms with Crippen molar-refractivity contribution >= 4 is 5.97 Å². The minimum absolute atomic E-state index is 0.0259. The fraction of sp³-hybridized carbons (Fsp3) is 0.217. The molecule has 0 aliphatic carbocycles. The quantitative estimate of drug-likeness (QED) is 0.598. The number of carbonyl (C=O) groups is 1. The highest BCUT2D eigenvalue weighted by Crippen LogP contribution is 2.23. The Kier molecular flexibility index (Phi) is 6.61. The number of benzene rings is 2. The van der Waals surface area contributed by atoms with Gasteiger partial charge in [0.2, 0.25) is 0 Å². The van der Waals surface area contributed by atoms with E-state index in [-0.39, 0.29) is 35.4 Å². The van der Waals surface area contributed by atoms with Crippen molar-refractivity contribution in [3.63, 3.8) is 0 Å². The Balaban J connectivity index is 1.69. The molecule has 0 aliphatic rings. The molecule has 0 radical (unpaired) electrons. The number of aromatic nitrogens is 1. The Morgan fingerprint density at radius 1 is 1.00 bits per heavy atom. The molecule has 7 heteroatoms. The van der Waals surface area contributed by atoms with Crippen LogP contribution in [0.1, 0.15) is 33.5 Å². The van der Waals surface area contributed by atoms with E-state index in [0.717, 1.165) is 12.1 Å². The largest absolute Gasteiger partial charge is 0.508 e. The summed E-state index contributed by atoms with van der Waals surface area (Å²) in [6.07, 6.45) is 2.57. The van der Waals surface area contributed by atoms with Crippen LogP contribution in [0.25, 0.3) is 0 Å². The van der Waals surface area contributed by atoms with E-state index in [4.69, 9.17) is 0 Å². The summed E-state index contributed by atoms with van der Waals surface area (Å²) in [5.41, 5.74) is 0.838. The lowest BCUT2D eigenvalue weighted by atomic mass is 10.00. The number of carbonyl (C=O) groups excluding carboxylic acids is 1. The van der Waals surface area contributed by atoms with E-state index in [1.807, 2.05) is 0 Å². The van der Waals surface area contributed by atoms with Gasteiger partial charge in [0.05, 0.1) is 19.2 Å². The molecule has 0 saturated carbocycles. The Morgan fingerprint density at radius 3 is 2.43 bits per heavy atom. The summed E-state index contributed by atoms with van der Waals surface area (Å²) < 4.78 is 34.9. The number of hydrogen-bond donors (Lipinski definition) is 1. The average Bonchev–Trinajstić information content (AvgIpc) is 2.73. The maximum absolute atomic E-state index is 14.5. The summed E-state index contributed by atoms with van der Waals surface area (Å²) in [6.45, 7) is -0.0586. The third kappa shape index (κ3) is 4.92. The predicted molar refractivity (Wildman–Crippen MR) is 108 cm³/mol. The van der Waals surface area contributed by atoms with Gasteiger partial charge in [-0.25, -0.2) is 13.6 Å². The lowest BCUT2D eigenvalue weighted by molar-refractivity contribution is 0.0600. The number of halogens is 2. The number of nitrogens with zero attached hydrogens (tertiary/aromatic N) is 1. The molecule has 1 aromatic heterocycles. The Bertz CT molecular complexity index is 1120. The summed E-state index contributed by atoms with van der Waals surface area (Å²) in [5, 5.41) is 9.97. The fourth-order valence-corrected chi connectivity index (χ4v) is 3.22. The number of pyridine rings is 1. The molecule has 0 amide bonds. The van der Waals surface area contributed by atoms with Crippen LogP contribution in [-0.2, 0) is 24.1 Å². The van der Waals surface area contributed by atoms with Crippen molar-refractivity contribution in [2.45, 2.75) is 25.8 Å². The standard InChI is InChI=1S/C23H21F2NO4/c1-30-23(29)17-8-9-21(27)16(11-17)6-4-5-15-12-20(25)18(13-19(15)24)14-26-10-3-2-7-22(26)28/h2-3,7-13,27H,4-6,14H2,1H3. The number of rotatable bonds is 7. The molecule has 2 aromatic carbocycles. The molecule has 0 saturated heterocycles. The topological polar surface area (TPSA) is 68.5 Å². The zero-order chi connectivity index (χ0) is 21.7. The van der Waals surface area contributed by atoms with Crippen molar-refractivity contribution < 1.29 is 23.4 Å². The average molecular weight is 413 g/mol. The van der Waals surface area contributed by atoms with Gasteiger partial charge >= 0.3 is 5.97 Å². The Morgan fingerprint density at radius 2 is 1.70 bits per heavy atom. The number of aromatic hydroxyl groups is 1. The first-order valence-electron chi connectivity index (χ1n) is 9.41. The highest BCUT2D eigenvalue weighted by atomic mass is 19.1. The molecule has 0 fully saturated rings. The van der Waals surface area contributed by atoms with Gasteiger partial charge in [-0.05, 0) is 66.8 Å². The molecule has 0 atom stereocenters. The van der Waals surface area contributed by atoms with Crippen LogP contribution in [0.5, 0.6) is 5.75 Å². The van der Waals surface area contributed by atoms with Crippen molar-refractivity contribution in [3.8, 4) is 5.75 Å². The van der Waals surface area contributed by atoms with Crippen molar-refractivity contribution in [2.24, 2.45) is 0 Å². The maximum Gasteiger partial charge on any atom is 0.337 e.